The molecule has 4 nitrogen and oxygen atoms in total. The van der Waals surface area contributed by atoms with E-state index in [1.54, 1.807) is 36.4 Å². The number of carbonyl (C=O) groups is 2. The fraction of sp³-hybridized carbons (Fsp3) is 0.0667. The molecule has 2 rings (SSSR count). The summed E-state index contributed by atoms with van der Waals surface area (Å²) in [5, 5.41) is 0. The fourth-order valence-corrected chi connectivity index (χ4v) is 1.52. The van der Waals surface area contributed by atoms with Crippen LogP contribution in [0.5, 0.6) is 0 Å². The number of hydrogen-bond acceptors (Lipinski definition) is 2. The number of amides is 2. The van der Waals surface area contributed by atoms with Crippen molar-refractivity contribution in [3.63, 3.8) is 0 Å². The van der Waals surface area contributed by atoms with Gasteiger partial charge in [-0.25, -0.2) is 5.43 Å². The molecule has 0 heterocycles. The number of nitrogens with zero attached hydrogens (tertiary/aromatic N) is 1. The van der Waals surface area contributed by atoms with E-state index in [0.29, 0.717) is 11.1 Å². The Kier molecular flexibility index (Phi) is 3.93. The van der Waals surface area contributed by atoms with E-state index in [1.807, 2.05) is 25.1 Å². The number of benzene rings is 2. The molecule has 19 heavy (non-hydrogen) atoms. The summed E-state index contributed by atoms with van der Waals surface area (Å²) in [7, 11) is 0. The Hall–Kier alpha value is -2.62. The zero-order chi connectivity index (χ0) is 13.7. The van der Waals surface area contributed by atoms with Crippen LogP contribution in [0.15, 0.2) is 54.6 Å². The van der Waals surface area contributed by atoms with Crippen molar-refractivity contribution in [2.24, 2.45) is 0 Å². The molecule has 0 aliphatic rings. The van der Waals surface area contributed by atoms with Gasteiger partial charge in [-0.15, -0.1) is 5.43 Å². The predicted octanol–water partition coefficient (Wildman–Crippen LogP) is 2.08. The Labute approximate surface area is 111 Å². The second-order valence-corrected chi connectivity index (χ2v) is 4.09. The van der Waals surface area contributed by atoms with Gasteiger partial charge in [0.25, 0.3) is 11.8 Å². The van der Waals surface area contributed by atoms with Gasteiger partial charge in [-0.1, -0.05) is 35.9 Å². The number of carbonyl (C=O) groups excluding carboxylic acids is 2. The lowest BCUT2D eigenvalue weighted by molar-refractivity contribution is 0.0841. The third-order valence-electron chi connectivity index (χ3n) is 2.59. The molecule has 0 saturated carbocycles. The van der Waals surface area contributed by atoms with Gasteiger partial charge in [-0.05, 0) is 31.2 Å². The molecule has 4 heteroatoms. The van der Waals surface area contributed by atoms with Crippen LogP contribution in [0.25, 0.3) is 0 Å². The second kappa shape index (κ2) is 5.82. The Balaban J connectivity index is 1.94. The van der Waals surface area contributed by atoms with Gasteiger partial charge >= 0.3 is 0 Å². The average Bonchev–Trinajstić information content (AvgIpc) is 2.46. The van der Waals surface area contributed by atoms with Crippen molar-refractivity contribution < 1.29 is 9.59 Å². The van der Waals surface area contributed by atoms with Crippen molar-refractivity contribution >= 4 is 11.8 Å². The van der Waals surface area contributed by atoms with E-state index in [-0.39, 0.29) is 0 Å². The molecule has 1 radical (unpaired) electrons. The molecule has 0 atom stereocenters. The average molecular weight is 253 g/mol. The van der Waals surface area contributed by atoms with Crippen LogP contribution < -0.4 is 10.9 Å². The van der Waals surface area contributed by atoms with Gasteiger partial charge in [-0.3, -0.25) is 9.59 Å². The van der Waals surface area contributed by atoms with Gasteiger partial charge in [0.2, 0.25) is 0 Å². The minimum absolute atomic E-state index is 0.402. The van der Waals surface area contributed by atoms with E-state index in [2.05, 4.69) is 10.9 Å². The number of rotatable bonds is 2. The first-order chi connectivity index (χ1) is 9.16. The van der Waals surface area contributed by atoms with Gasteiger partial charge in [0.05, 0.1) is 0 Å². The van der Waals surface area contributed by atoms with E-state index < -0.39 is 11.8 Å². The first-order valence-electron chi connectivity index (χ1n) is 5.84. The summed E-state index contributed by atoms with van der Waals surface area (Å²) in [6, 6.07) is 15.6. The maximum absolute atomic E-state index is 11.7. The molecule has 0 bridgehead atoms. The predicted molar refractivity (Wildman–Crippen MR) is 71.6 cm³/mol. The molecule has 0 fully saturated rings. The topological polar surface area (TPSA) is 60.3 Å². The maximum atomic E-state index is 11.7. The van der Waals surface area contributed by atoms with E-state index in [9.17, 15) is 9.59 Å². The smallest absolute Gasteiger partial charge is 0.267 e. The normalized spacial score (nSPS) is 9.74. The molecule has 0 aliphatic heterocycles. The van der Waals surface area contributed by atoms with Crippen LogP contribution in [0.2, 0.25) is 0 Å². The summed E-state index contributed by atoms with van der Waals surface area (Å²) < 4.78 is 0. The number of hydrogen-bond donors (Lipinski definition) is 1. The molecule has 0 aromatic heterocycles. The first kappa shape index (κ1) is 12.8. The molecule has 2 aromatic rings. The lowest BCUT2D eigenvalue weighted by atomic mass is 10.1. The molecule has 95 valence electrons. The zero-order valence-electron chi connectivity index (χ0n) is 10.5. The van der Waals surface area contributed by atoms with E-state index in [1.165, 1.54) is 0 Å². The molecule has 0 unspecified atom stereocenters. The Bertz CT molecular complexity index is 577. The summed E-state index contributed by atoms with van der Waals surface area (Å²) in [6.45, 7) is 1.93. The van der Waals surface area contributed by atoms with Crippen LogP contribution in [0.3, 0.4) is 0 Å². The number of aryl methyl sites for hydroxylation is 1. The standard InChI is InChI=1S/C15H13N2O2/c1-11-7-9-13(10-8-11)15(19)17-16-14(18)12-5-3-2-4-6-12/h2-10H,1H3,(H,16,18). The highest BCUT2D eigenvalue weighted by atomic mass is 16.2. The Morgan fingerprint density at radius 1 is 0.895 bits per heavy atom. The summed E-state index contributed by atoms with van der Waals surface area (Å²) in [5.74, 6) is -0.870. The first-order valence-corrected chi connectivity index (χ1v) is 5.84. The molecule has 0 spiro atoms. The molecule has 0 saturated heterocycles. The van der Waals surface area contributed by atoms with Crippen molar-refractivity contribution in [3.8, 4) is 0 Å². The van der Waals surface area contributed by atoms with Crippen molar-refractivity contribution in [2.45, 2.75) is 6.92 Å². The van der Waals surface area contributed by atoms with Gasteiger partial charge in [0.15, 0.2) is 0 Å². The van der Waals surface area contributed by atoms with Crippen LogP contribution in [0.4, 0.5) is 0 Å². The van der Waals surface area contributed by atoms with Crippen molar-refractivity contribution in [1.82, 2.24) is 10.9 Å². The Morgan fingerprint density at radius 2 is 1.53 bits per heavy atom. The van der Waals surface area contributed by atoms with E-state index in [0.717, 1.165) is 5.56 Å². The molecule has 2 aromatic carbocycles. The van der Waals surface area contributed by atoms with Crippen LogP contribution in [0.1, 0.15) is 26.3 Å². The second-order valence-electron chi connectivity index (χ2n) is 4.09. The third kappa shape index (κ3) is 3.42. The van der Waals surface area contributed by atoms with E-state index >= 15 is 0 Å². The van der Waals surface area contributed by atoms with Crippen molar-refractivity contribution in [3.05, 3.63) is 71.3 Å². The summed E-state index contributed by atoms with van der Waals surface area (Å²) in [4.78, 5) is 23.4. The third-order valence-corrected chi connectivity index (χ3v) is 2.59. The fourth-order valence-electron chi connectivity index (χ4n) is 1.52. The molecule has 2 amide bonds. The SMILES string of the molecule is Cc1ccc(C(=O)[N]NC(=O)c2ccccc2)cc1. The number of nitrogens with one attached hydrogen (secondary N) is 1. The summed E-state index contributed by atoms with van der Waals surface area (Å²) in [6.07, 6.45) is 0. The lowest BCUT2D eigenvalue weighted by Gasteiger charge is -2.04. The summed E-state index contributed by atoms with van der Waals surface area (Å²) in [5.41, 5.74) is 7.77. The monoisotopic (exact) mass is 253 g/mol. The molecular formula is C15H13N2O2. The lowest BCUT2D eigenvalue weighted by Crippen LogP contribution is -2.35. The van der Waals surface area contributed by atoms with Gasteiger partial charge in [0.1, 0.15) is 0 Å². The Morgan fingerprint density at radius 3 is 2.16 bits per heavy atom. The van der Waals surface area contributed by atoms with Gasteiger partial charge in [0, 0.05) is 11.1 Å². The highest BCUT2D eigenvalue weighted by Gasteiger charge is 2.10. The maximum Gasteiger partial charge on any atom is 0.293 e. The van der Waals surface area contributed by atoms with Crippen LogP contribution in [0, 0.1) is 6.92 Å². The van der Waals surface area contributed by atoms with Crippen molar-refractivity contribution in [1.29, 1.82) is 0 Å². The van der Waals surface area contributed by atoms with Crippen LogP contribution >= 0.6 is 0 Å². The largest absolute Gasteiger partial charge is 0.293 e. The minimum Gasteiger partial charge on any atom is -0.267 e. The van der Waals surface area contributed by atoms with Gasteiger partial charge in [-0.2, -0.15) is 0 Å². The highest BCUT2D eigenvalue weighted by molar-refractivity contribution is 5.98. The van der Waals surface area contributed by atoms with Crippen molar-refractivity contribution in [2.75, 3.05) is 0 Å². The highest BCUT2D eigenvalue weighted by Crippen LogP contribution is 2.03. The molecular weight excluding hydrogens is 240 g/mol. The van der Waals surface area contributed by atoms with Crippen LogP contribution in [-0.2, 0) is 0 Å². The quantitative estimate of drug-likeness (QED) is 0.833. The van der Waals surface area contributed by atoms with Gasteiger partial charge < -0.3 is 0 Å². The zero-order valence-corrected chi connectivity index (χ0v) is 10.5. The van der Waals surface area contributed by atoms with Crippen LogP contribution in [-0.4, -0.2) is 11.8 Å². The molecule has 0 aliphatic carbocycles. The van der Waals surface area contributed by atoms with E-state index in [4.69, 9.17) is 0 Å². The minimum atomic E-state index is -0.468. The summed E-state index contributed by atoms with van der Waals surface area (Å²) >= 11 is 0. The molecule has 1 N–H and O–H groups in total.